The number of halogens is 5. The Morgan fingerprint density at radius 2 is 1.86 bits per heavy atom. The zero-order valence-corrected chi connectivity index (χ0v) is 23.2. The van der Waals surface area contributed by atoms with Crippen molar-refractivity contribution in [1.82, 2.24) is 19.8 Å². The number of amides is 3. The second-order valence-corrected chi connectivity index (χ2v) is 10.4. The van der Waals surface area contributed by atoms with E-state index in [4.69, 9.17) is 21.1 Å². The molecule has 2 aromatic carbocycles. The number of hydrogen-bond donors (Lipinski definition) is 2. The Labute approximate surface area is 246 Å². The van der Waals surface area contributed by atoms with E-state index in [0.29, 0.717) is 20.7 Å². The van der Waals surface area contributed by atoms with Gasteiger partial charge in [0, 0.05) is 24.5 Å². The molecular formula is C27H24ClF4N5O6. The van der Waals surface area contributed by atoms with Gasteiger partial charge in [-0.25, -0.2) is 24.1 Å². The maximum atomic E-state index is 14.6. The predicted molar refractivity (Wildman–Crippen MR) is 144 cm³/mol. The molecule has 0 bridgehead atoms. The number of nitrogens with zero attached hydrogens (tertiary/aromatic N) is 4. The number of hydrogen-bond acceptors (Lipinski definition) is 8. The van der Waals surface area contributed by atoms with Gasteiger partial charge in [0.25, 0.3) is 5.91 Å². The van der Waals surface area contributed by atoms with Crippen molar-refractivity contribution < 1.29 is 46.5 Å². The minimum atomic E-state index is -5.24. The first-order chi connectivity index (χ1) is 20.4. The maximum Gasteiger partial charge on any atom is 0.471 e. The van der Waals surface area contributed by atoms with Crippen molar-refractivity contribution in [2.24, 2.45) is 0 Å². The molecule has 1 aliphatic carbocycles. The molecule has 0 unspecified atom stereocenters. The summed E-state index contributed by atoms with van der Waals surface area (Å²) in [6, 6.07) is 7.54. The molecule has 3 aromatic rings. The summed E-state index contributed by atoms with van der Waals surface area (Å²) in [5.41, 5.74) is -1.49. The number of benzene rings is 2. The molecule has 1 spiro atoms. The molecule has 11 nitrogen and oxygen atoms in total. The number of fused-ring (bicyclic) bond motifs is 1. The van der Waals surface area contributed by atoms with Crippen LogP contribution in [-0.4, -0.2) is 80.8 Å². The van der Waals surface area contributed by atoms with Crippen molar-refractivity contribution >= 4 is 51.9 Å². The van der Waals surface area contributed by atoms with Crippen LogP contribution >= 0.6 is 11.6 Å². The van der Waals surface area contributed by atoms with Crippen LogP contribution < -0.4 is 14.8 Å². The van der Waals surface area contributed by atoms with E-state index in [1.54, 1.807) is 18.2 Å². The molecule has 1 aromatic heterocycles. The third-order valence-corrected chi connectivity index (χ3v) is 7.90. The van der Waals surface area contributed by atoms with Gasteiger partial charge in [-0.2, -0.15) is 13.2 Å². The number of piperazine rings is 1. The van der Waals surface area contributed by atoms with Crippen LogP contribution in [-0.2, 0) is 9.59 Å². The van der Waals surface area contributed by atoms with Crippen molar-refractivity contribution in [1.29, 1.82) is 0 Å². The first-order valence-electron chi connectivity index (χ1n) is 13.0. The Kier molecular flexibility index (Phi) is 7.94. The van der Waals surface area contributed by atoms with Gasteiger partial charge in [-0.15, -0.1) is 0 Å². The Hall–Kier alpha value is -4.40. The van der Waals surface area contributed by atoms with Crippen molar-refractivity contribution in [3.8, 4) is 11.5 Å². The number of carboxylic acid groups (broad SMARTS) is 1. The second kappa shape index (κ2) is 11.4. The number of imide groups is 1. The minimum Gasteiger partial charge on any atom is -0.493 e. The van der Waals surface area contributed by atoms with Crippen LogP contribution in [0.3, 0.4) is 0 Å². The van der Waals surface area contributed by atoms with Crippen LogP contribution in [0.4, 0.5) is 33.9 Å². The van der Waals surface area contributed by atoms with Crippen LogP contribution in [0, 0.1) is 5.82 Å². The number of rotatable bonds is 5. The smallest absolute Gasteiger partial charge is 0.471 e. The summed E-state index contributed by atoms with van der Waals surface area (Å²) >= 11 is 5.89. The lowest BCUT2D eigenvalue weighted by Crippen LogP contribution is -2.70. The van der Waals surface area contributed by atoms with Crippen LogP contribution in [0.25, 0.3) is 10.9 Å². The fourth-order valence-electron chi connectivity index (χ4n) is 5.51. The molecule has 2 N–H and O–H groups in total. The van der Waals surface area contributed by atoms with Gasteiger partial charge >= 0.3 is 18.2 Å². The third-order valence-electron chi connectivity index (χ3n) is 7.60. The van der Waals surface area contributed by atoms with Crippen molar-refractivity contribution in [2.45, 2.75) is 43.5 Å². The van der Waals surface area contributed by atoms with E-state index >= 15 is 0 Å². The average molecular weight is 626 g/mol. The first-order valence-corrected chi connectivity index (χ1v) is 13.4. The molecule has 2 heterocycles. The van der Waals surface area contributed by atoms with Gasteiger partial charge in [0.15, 0.2) is 17.3 Å². The van der Waals surface area contributed by atoms with E-state index in [1.165, 1.54) is 25.6 Å². The molecule has 0 radical (unpaired) electrons. The average Bonchev–Trinajstić information content (AvgIpc) is 2.97. The highest BCUT2D eigenvalue weighted by atomic mass is 35.5. The molecule has 3 amide bonds. The zero-order valence-electron chi connectivity index (χ0n) is 22.5. The highest BCUT2D eigenvalue weighted by Crippen LogP contribution is 2.43. The predicted octanol–water partition coefficient (Wildman–Crippen LogP) is 5.15. The van der Waals surface area contributed by atoms with Gasteiger partial charge in [0.2, 0.25) is 0 Å². The lowest BCUT2D eigenvalue weighted by atomic mass is 9.76. The molecule has 0 atom stereocenters. The van der Waals surface area contributed by atoms with E-state index in [1.807, 2.05) is 0 Å². The van der Waals surface area contributed by atoms with Crippen molar-refractivity contribution in [3.63, 3.8) is 0 Å². The third kappa shape index (κ3) is 5.56. The van der Waals surface area contributed by atoms with E-state index in [0.717, 1.165) is 0 Å². The molecule has 5 rings (SSSR count). The number of carbonyl (C=O) groups is 3. The topological polar surface area (TPSA) is 134 Å². The van der Waals surface area contributed by atoms with Crippen LogP contribution in [0.2, 0.25) is 5.02 Å². The molecule has 228 valence electrons. The number of aromatic nitrogens is 2. The normalized spacial score (nSPS) is 20.8. The lowest BCUT2D eigenvalue weighted by molar-refractivity contribution is -0.199. The van der Waals surface area contributed by atoms with Gasteiger partial charge in [-0.05, 0) is 43.9 Å². The summed E-state index contributed by atoms with van der Waals surface area (Å²) in [4.78, 5) is 46.4. The number of carbonyl (C=O) groups excluding carboxylic acids is 2. The number of nitrogens with one attached hydrogen (secondary N) is 1. The van der Waals surface area contributed by atoms with Crippen molar-refractivity contribution in [2.75, 3.05) is 25.5 Å². The Morgan fingerprint density at radius 1 is 1.14 bits per heavy atom. The van der Waals surface area contributed by atoms with E-state index < -0.39 is 54.6 Å². The maximum absolute atomic E-state index is 14.6. The van der Waals surface area contributed by atoms with Crippen LogP contribution in [0.1, 0.15) is 25.7 Å². The number of ether oxygens (including phenoxy) is 2. The zero-order chi connectivity index (χ0) is 31.1. The highest BCUT2D eigenvalue weighted by Gasteiger charge is 2.58. The highest BCUT2D eigenvalue weighted by molar-refractivity contribution is 6.31. The molecule has 16 heteroatoms. The first kappa shape index (κ1) is 30.1. The summed E-state index contributed by atoms with van der Waals surface area (Å²) in [6.45, 7) is -1.15. The molecule has 1 saturated carbocycles. The Morgan fingerprint density at radius 3 is 2.51 bits per heavy atom. The summed E-state index contributed by atoms with van der Waals surface area (Å²) in [5.74, 6) is -3.25. The van der Waals surface area contributed by atoms with Crippen LogP contribution in [0.5, 0.6) is 11.5 Å². The second-order valence-electron chi connectivity index (χ2n) is 10.0. The monoisotopic (exact) mass is 625 g/mol. The number of alkyl halides is 3. The lowest BCUT2D eigenvalue weighted by Gasteiger charge is -2.51. The van der Waals surface area contributed by atoms with Crippen LogP contribution in [0.15, 0.2) is 36.7 Å². The molecule has 43 heavy (non-hydrogen) atoms. The van der Waals surface area contributed by atoms with E-state index in [2.05, 4.69) is 15.3 Å². The fraction of sp³-hybridized carbons (Fsp3) is 0.370. The van der Waals surface area contributed by atoms with Gasteiger partial charge in [0.1, 0.15) is 17.7 Å². The molecule has 2 fully saturated rings. The Balaban J connectivity index is 1.42. The SMILES string of the molecule is COc1cc2ncnc(Nc3cccc(Cl)c3F)c2cc1O[C@H]1CC[C@]2(CC1)C(=O)N(C(=O)O)CCN2C(=O)C(F)(F)F. The quantitative estimate of drug-likeness (QED) is 0.369. The standard InChI is InChI=1S/C27H24ClF4N5O6/c1-42-19-12-18-15(22(34-13-33-18)35-17-4-2-3-16(28)21(17)29)11-20(19)43-14-5-7-26(8-6-14)23(38)36(25(40)41)9-10-37(26)24(39)27(30,31)32/h2-4,11-14H,5-10H2,1H3,(H,40,41)(H,33,34,35)/t14-,26-. The Bertz CT molecular complexity index is 1600. The molecule has 2 aliphatic rings. The van der Waals surface area contributed by atoms with Crippen molar-refractivity contribution in [3.05, 3.63) is 47.5 Å². The van der Waals surface area contributed by atoms with E-state index in [9.17, 15) is 37.1 Å². The molecule has 1 saturated heterocycles. The summed E-state index contributed by atoms with van der Waals surface area (Å²) in [7, 11) is 1.40. The van der Waals surface area contributed by atoms with Gasteiger partial charge in [-0.1, -0.05) is 17.7 Å². The summed E-state index contributed by atoms with van der Waals surface area (Å²) in [6.07, 6.45) is -6.70. The largest absolute Gasteiger partial charge is 0.493 e. The molecule has 1 aliphatic heterocycles. The summed E-state index contributed by atoms with van der Waals surface area (Å²) < 4.78 is 66.5. The van der Waals surface area contributed by atoms with Gasteiger partial charge in [0.05, 0.1) is 29.4 Å². The number of anilines is 2. The summed E-state index contributed by atoms with van der Waals surface area (Å²) in [5, 5.41) is 12.7. The van der Waals surface area contributed by atoms with E-state index in [-0.39, 0.29) is 53.7 Å². The minimum absolute atomic E-state index is 0.0200. The number of methoxy groups -OCH3 is 1. The molecular weight excluding hydrogens is 602 g/mol. The van der Waals surface area contributed by atoms with Gasteiger partial charge in [-0.3, -0.25) is 9.59 Å². The fourth-order valence-corrected chi connectivity index (χ4v) is 5.68. The van der Waals surface area contributed by atoms with Gasteiger partial charge < -0.3 is 24.8 Å².